The van der Waals surface area contributed by atoms with Gasteiger partial charge < -0.3 is 9.80 Å². The smallest absolute Gasteiger partial charge is 0.254 e. The van der Waals surface area contributed by atoms with Crippen LogP contribution in [0, 0.1) is 6.92 Å². The largest absolute Gasteiger partial charge is 0.341 e. The van der Waals surface area contributed by atoms with Crippen LogP contribution in [0.2, 0.25) is 0 Å². The fourth-order valence-electron chi connectivity index (χ4n) is 3.08. The van der Waals surface area contributed by atoms with Gasteiger partial charge >= 0.3 is 0 Å². The first-order chi connectivity index (χ1) is 11.2. The minimum absolute atomic E-state index is 0.0197. The van der Waals surface area contributed by atoms with Gasteiger partial charge in [-0.3, -0.25) is 9.59 Å². The van der Waals surface area contributed by atoms with Crippen LogP contribution in [0.3, 0.4) is 0 Å². The monoisotopic (exact) mass is 330 g/mol. The van der Waals surface area contributed by atoms with Gasteiger partial charge in [0.15, 0.2) is 0 Å². The molecule has 0 spiro atoms. The van der Waals surface area contributed by atoms with Crippen molar-refractivity contribution in [3.8, 4) is 0 Å². The molecule has 1 heterocycles. The number of carbonyl (C=O) groups is 2. The number of hydrogen-bond donors (Lipinski definition) is 0. The van der Waals surface area contributed by atoms with Crippen molar-refractivity contribution in [1.82, 2.24) is 9.80 Å². The predicted octanol–water partition coefficient (Wildman–Crippen LogP) is 3.38. The van der Waals surface area contributed by atoms with E-state index >= 15 is 0 Å². The highest BCUT2D eigenvalue weighted by molar-refractivity contribution is 5.96. The van der Waals surface area contributed by atoms with Crippen molar-refractivity contribution in [2.75, 3.05) is 26.2 Å². The van der Waals surface area contributed by atoms with Gasteiger partial charge in [-0.05, 0) is 36.0 Å². The van der Waals surface area contributed by atoms with E-state index in [9.17, 15) is 9.59 Å². The van der Waals surface area contributed by atoms with E-state index in [1.54, 1.807) is 0 Å². The Bertz CT molecular complexity index is 617. The Kier molecular flexibility index (Phi) is 5.68. The maximum absolute atomic E-state index is 13.0. The van der Waals surface area contributed by atoms with Crippen LogP contribution in [-0.2, 0) is 10.2 Å². The Hall–Kier alpha value is -1.84. The van der Waals surface area contributed by atoms with Crippen LogP contribution in [0.15, 0.2) is 18.2 Å². The molecule has 4 heteroatoms. The van der Waals surface area contributed by atoms with Crippen molar-refractivity contribution < 1.29 is 9.59 Å². The van der Waals surface area contributed by atoms with Crippen molar-refractivity contribution in [3.05, 3.63) is 34.9 Å². The van der Waals surface area contributed by atoms with Gasteiger partial charge in [-0.25, -0.2) is 0 Å². The van der Waals surface area contributed by atoms with Gasteiger partial charge in [0.05, 0.1) is 0 Å². The SMILES string of the molecule is CCC(=O)N1CCCN(C(=O)c2cc(C(C)(C)C)ccc2C)CC1. The topological polar surface area (TPSA) is 40.6 Å². The number of rotatable bonds is 2. The minimum Gasteiger partial charge on any atom is -0.341 e. The number of aryl methyl sites for hydroxylation is 1. The summed E-state index contributed by atoms with van der Waals surface area (Å²) < 4.78 is 0. The summed E-state index contributed by atoms with van der Waals surface area (Å²) in [7, 11) is 0. The molecule has 1 aliphatic heterocycles. The summed E-state index contributed by atoms with van der Waals surface area (Å²) in [6.07, 6.45) is 1.37. The fraction of sp³-hybridized carbons (Fsp3) is 0.600. The molecule has 0 atom stereocenters. The highest BCUT2D eigenvalue weighted by Gasteiger charge is 2.24. The third-order valence-corrected chi connectivity index (χ3v) is 4.77. The molecule has 1 saturated heterocycles. The van der Waals surface area contributed by atoms with Crippen LogP contribution in [0.1, 0.15) is 62.0 Å². The number of amides is 2. The van der Waals surface area contributed by atoms with Crippen LogP contribution >= 0.6 is 0 Å². The summed E-state index contributed by atoms with van der Waals surface area (Å²) in [5, 5.41) is 0. The predicted molar refractivity (Wildman–Crippen MR) is 97.3 cm³/mol. The lowest BCUT2D eigenvalue weighted by Crippen LogP contribution is -2.37. The quantitative estimate of drug-likeness (QED) is 0.834. The maximum Gasteiger partial charge on any atom is 0.254 e. The van der Waals surface area contributed by atoms with Gasteiger partial charge in [-0.1, -0.05) is 39.8 Å². The Morgan fingerprint density at radius 3 is 2.29 bits per heavy atom. The van der Waals surface area contributed by atoms with E-state index < -0.39 is 0 Å². The molecule has 24 heavy (non-hydrogen) atoms. The first kappa shape index (κ1) is 18.5. The molecule has 0 saturated carbocycles. The molecule has 2 rings (SSSR count). The van der Waals surface area contributed by atoms with Gasteiger partial charge in [-0.15, -0.1) is 0 Å². The molecule has 1 aromatic carbocycles. The van der Waals surface area contributed by atoms with Crippen LogP contribution < -0.4 is 0 Å². The van der Waals surface area contributed by atoms with Crippen molar-refractivity contribution in [1.29, 1.82) is 0 Å². The third kappa shape index (κ3) is 4.16. The van der Waals surface area contributed by atoms with E-state index in [1.165, 1.54) is 5.56 Å². The summed E-state index contributed by atoms with van der Waals surface area (Å²) in [4.78, 5) is 28.7. The summed E-state index contributed by atoms with van der Waals surface area (Å²) in [6.45, 7) is 13.1. The van der Waals surface area contributed by atoms with E-state index in [4.69, 9.17) is 0 Å². The zero-order valence-electron chi connectivity index (χ0n) is 15.7. The lowest BCUT2D eigenvalue weighted by atomic mass is 9.85. The average molecular weight is 330 g/mol. The Balaban J connectivity index is 2.18. The fourth-order valence-corrected chi connectivity index (χ4v) is 3.08. The van der Waals surface area contributed by atoms with Gasteiger partial charge in [0, 0.05) is 38.2 Å². The number of nitrogens with zero attached hydrogens (tertiary/aromatic N) is 2. The average Bonchev–Trinajstić information content (AvgIpc) is 2.79. The highest BCUT2D eigenvalue weighted by atomic mass is 16.2. The second-order valence-electron chi connectivity index (χ2n) is 7.66. The van der Waals surface area contributed by atoms with E-state index in [2.05, 4.69) is 26.8 Å². The van der Waals surface area contributed by atoms with E-state index in [0.29, 0.717) is 26.1 Å². The number of benzene rings is 1. The first-order valence-corrected chi connectivity index (χ1v) is 8.92. The molecular formula is C20H30N2O2. The molecule has 4 nitrogen and oxygen atoms in total. The van der Waals surface area contributed by atoms with Crippen LogP contribution in [0.5, 0.6) is 0 Å². The van der Waals surface area contributed by atoms with Gasteiger partial charge in [-0.2, -0.15) is 0 Å². The Morgan fingerprint density at radius 2 is 1.67 bits per heavy atom. The summed E-state index contributed by atoms with van der Waals surface area (Å²) in [6, 6.07) is 6.19. The zero-order chi connectivity index (χ0) is 17.9. The normalized spacial score (nSPS) is 16.0. The minimum atomic E-state index is 0.0197. The molecule has 0 bridgehead atoms. The van der Waals surface area contributed by atoms with Gasteiger partial charge in [0.2, 0.25) is 5.91 Å². The van der Waals surface area contributed by atoms with E-state index in [1.807, 2.05) is 35.8 Å². The van der Waals surface area contributed by atoms with Crippen molar-refractivity contribution in [2.45, 2.75) is 52.9 Å². The third-order valence-electron chi connectivity index (χ3n) is 4.77. The molecule has 0 unspecified atom stereocenters. The van der Waals surface area contributed by atoms with Crippen molar-refractivity contribution in [2.24, 2.45) is 0 Å². The molecular weight excluding hydrogens is 300 g/mol. The second-order valence-corrected chi connectivity index (χ2v) is 7.66. The first-order valence-electron chi connectivity index (χ1n) is 8.92. The summed E-state index contributed by atoms with van der Waals surface area (Å²) >= 11 is 0. The van der Waals surface area contributed by atoms with Gasteiger partial charge in [0.1, 0.15) is 0 Å². The Morgan fingerprint density at radius 1 is 1.04 bits per heavy atom. The molecule has 1 aliphatic rings. The van der Waals surface area contributed by atoms with Crippen LogP contribution in [-0.4, -0.2) is 47.8 Å². The molecule has 1 aromatic rings. The molecule has 0 aromatic heterocycles. The highest BCUT2D eigenvalue weighted by Crippen LogP contribution is 2.25. The molecule has 0 aliphatic carbocycles. The lowest BCUT2D eigenvalue weighted by molar-refractivity contribution is -0.130. The standard InChI is InChI=1S/C20H30N2O2/c1-6-18(23)21-10-7-11-22(13-12-21)19(24)17-14-16(20(3,4)5)9-8-15(17)2/h8-9,14H,6-7,10-13H2,1-5H3. The number of hydrogen-bond acceptors (Lipinski definition) is 2. The van der Waals surface area contributed by atoms with E-state index in [0.717, 1.165) is 24.1 Å². The maximum atomic E-state index is 13.0. The molecule has 2 amide bonds. The van der Waals surface area contributed by atoms with Crippen LogP contribution in [0.25, 0.3) is 0 Å². The van der Waals surface area contributed by atoms with E-state index in [-0.39, 0.29) is 17.2 Å². The van der Waals surface area contributed by atoms with Crippen LogP contribution in [0.4, 0.5) is 0 Å². The van der Waals surface area contributed by atoms with Crippen molar-refractivity contribution >= 4 is 11.8 Å². The molecule has 132 valence electrons. The summed E-state index contributed by atoms with van der Waals surface area (Å²) in [5.41, 5.74) is 3.00. The van der Waals surface area contributed by atoms with Gasteiger partial charge in [0.25, 0.3) is 5.91 Å². The molecule has 0 N–H and O–H groups in total. The lowest BCUT2D eigenvalue weighted by Gasteiger charge is -2.25. The van der Waals surface area contributed by atoms with Crippen molar-refractivity contribution in [3.63, 3.8) is 0 Å². The number of carbonyl (C=O) groups excluding carboxylic acids is 2. The Labute approximate surface area is 145 Å². The molecule has 1 fully saturated rings. The molecule has 0 radical (unpaired) electrons. The second kappa shape index (κ2) is 7.37. The zero-order valence-corrected chi connectivity index (χ0v) is 15.7. The summed E-state index contributed by atoms with van der Waals surface area (Å²) in [5.74, 6) is 0.264.